The molecular formula is C10H14ClNOS. The van der Waals surface area contributed by atoms with Crippen molar-refractivity contribution in [1.29, 1.82) is 0 Å². The van der Waals surface area contributed by atoms with Crippen LogP contribution < -0.4 is 5.73 Å². The smallest absolute Gasteiger partial charge is 0.0597 e. The molecular weight excluding hydrogens is 218 g/mol. The van der Waals surface area contributed by atoms with Crippen LogP contribution >= 0.6 is 11.6 Å². The largest absolute Gasteiger partial charge is 0.399 e. The minimum absolute atomic E-state index is 0.106. The van der Waals surface area contributed by atoms with Crippen molar-refractivity contribution in [3.05, 3.63) is 23.2 Å². The van der Waals surface area contributed by atoms with Gasteiger partial charge in [-0.25, -0.2) is 0 Å². The number of anilines is 1. The van der Waals surface area contributed by atoms with E-state index in [1.165, 1.54) is 0 Å². The Balaban J connectivity index is 3.06. The van der Waals surface area contributed by atoms with Crippen LogP contribution in [0.3, 0.4) is 0 Å². The fourth-order valence-corrected chi connectivity index (χ4v) is 2.64. The molecule has 0 aliphatic rings. The summed E-state index contributed by atoms with van der Waals surface area (Å²) in [4.78, 5) is 0.640. The number of benzene rings is 1. The normalized spacial score (nSPS) is 15.1. The van der Waals surface area contributed by atoms with Crippen LogP contribution in [0.1, 0.15) is 20.3 Å². The fourth-order valence-electron chi connectivity index (χ4n) is 1.04. The summed E-state index contributed by atoms with van der Waals surface area (Å²) < 4.78 is 11.9. The van der Waals surface area contributed by atoms with Gasteiger partial charge in [-0.1, -0.05) is 25.4 Å². The van der Waals surface area contributed by atoms with Crippen LogP contribution in [-0.2, 0) is 10.8 Å². The highest BCUT2D eigenvalue weighted by molar-refractivity contribution is 7.85. The van der Waals surface area contributed by atoms with Gasteiger partial charge in [-0.05, 0) is 24.6 Å². The Labute approximate surface area is 91.9 Å². The SMILES string of the molecule is CCC(C)S(=O)c1cc(N)ccc1Cl. The molecule has 0 aromatic heterocycles. The highest BCUT2D eigenvalue weighted by Crippen LogP contribution is 2.24. The zero-order valence-electron chi connectivity index (χ0n) is 8.29. The number of halogens is 1. The molecule has 4 heteroatoms. The number of hydrogen-bond donors (Lipinski definition) is 1. The second kappa shape index (κ2) is 4.80. The van der Waals surface area contributed by atoms with Crippen LogP contribution in [-0.4, -0.2) is 9.46 Å². The lowest BCUT2D eigenvalue weighted by Crippen LogP contribution is -2.10. The first-order chi connectivity index (χ1) is 6.56. The first-order valence-corrected chi connectivity index (χ1v) is 6.11. The Morgan fingerprint density at radius 2 is 2.21 bits per heavy atom. The van der Waals surface area contributed by atoms with Crippen molar-refractivity contribution < 1.29 is 4.21 Å². The molecule has 0 saturated carbocycles. The average molecular weight is 232 g/mol. The van der Waals surface area contributed by atoms with Gasteiger partial charge < -0.3 is 5.73 Å². The summed E-state index contributed by atoms with van der Waals surface area (Å²) in [5.41, 5.74) is 6.21. The van der Waals surface area contributed by atoms with E-state index in [2.05, 4.69) is 0 Å². The molecule has 1 aromatic carbocycles. The number of rotatable bonds is 3. The van der Waals surface area contributed by atoms with E-state index in [1.54, 1.807) is 18.2 Å². The molecule has 1 rings (SSSR count). The maximum absolute atomic E-state index is 11.9. The highest BCUT2D eigenvalue weighted by atomic mass is 35.5. The van der Waals surface area contributed by atoms with Gasteiger partial charge in [0.05, 0.1) is 20.7 Å². The molecule has 0 fully saturated rings. The van der Waals surface area contributed by atoms with Gasteiger partial charge in [0.15, 0.2) is 0 Å². The summed E-state index contributed by atoms with van der Waals surface area (Å²) in [5, 5.41) is 0.632. The average Bonchev–Trinajstić information content (AvgIpc) is 2.19. The summed E-state index contributed by atoms with van der Waals surface area (Å²) in [6.45, 7) is 3.94. The van der Waals surface area contributed by atoms with E-state index in [4.69, 9.17) is 17.3 Å². The monoisotopic (exact) mass is 231 g/mol. The van der Waals surface area contributed by atoms with E-state index in [-0.39, 0.29) is 5.25 Å². The zero-order valence-corrected chi connectivity index (χ0v) is 9.86. The van der Waals surface area contributed by atoms with Crippen LogP contribution in [0, 0.1) is 0 Å². The van der Waals surface area contributed by atoms with Crippen molar-refractivity contribution in [2.24, 2.45) is 0 Å². The molecule has 2 atom stereocenters. The third-order valence-electron chi connectivity index (χ3n) is 2.11. The summed E-state index contributed by atoms with van der Waals surface area (Å²) in [6, 6.07) is 5.08. The van der Waals surface area contributed by atoms with Gasteiger partial charge in [-0.3, -0.25) is 4.21 Å². The van der Waals surface area contributed by atoms with E-state index in [9.17, 15) is 4.21 Å². The van der Waals surface area contributed by atoms with Crippen LogP contribution in [0.25, 0.3) is 0 Å². The standard InChI is InChI=1S/C10H14ClNOS/c1-3-7(2)14(13)10-6-8(12)4-5-9(10)11/h4-7H,3,12H2,1-2H3. The van der Waals surface area contributed by atoms with Crippen molar-refractivity contribution in [2.75, 3.05) is 5.73 Å². The van der Waals surface area contributed by atoms with Gasteiger partial charge >= 0.3 is 0 Å². The molecule has 0 spiro atoms. The molecule has 14 heavy (non-hydrogen) atoms. The van der Waals surface area contributed by atoms with Crippen molar-refractivity contribution in [2.45, 2.75) is 30.4 Å². The lowest BCUT2D eigenvalue weighted by atomic mass is 10.3. The van der Waals surface area contributed by atoms with Crippen LogP contribution in [0.4, 0.5) is 5.69 Å². The maximum atomic E-state index is 11.9. The van der Waals surface area contributed by atoms with Crippen LogP contribution in [0.5, 0.6) is 0 Å². The van der Waals surface area contributed by atoms with Gasteiger partial charge in [-0.15, -0.1) is 0 Å². The summed E-state index contributed by atoms with van der Waals surface area (Å²) >= 11 is 5.94. The van der Waals surface area contributed by atoms with E-state index in [0.29, 0.717) is 15.6 Å². The van der Waals surface area contributed by atoms with E-state index < -0.39 is 10.8 Å². The Morgan fingerprint density at radius 3 is 2.79 bits per heavy atom. The van der Waals surface area contributed by atoms with Gasteiger partial charge in [0.2, 0.25) is 0 Å². The lowest BCUT2D eigenvalue weighted by Gasteiger charge is -2.10. The van der Waals surface area contributed by atoms with Crippen molar-refractivity contribution in [1.82, 2.24) is 0 Å². The molecule has 0 radical (unpaired) electrons. The van der Waals surface area contributed by atoms with E-state index in [1.807, 2.05) is 13.8 Å². The maximum Gasteiger partial charge on any atom is 0.0597 e. The van der Waals surface area contributed by atoms with Crippen molar-refractivity contribution in [3.8, 4) is 0 Å². The minimum atomic E-state index is -1.06. The first-order valence-electron chi connectivity index (χ1n) is 4.51. The Morgan fingerprint density at radius 1 is 1.57 bits per heavy atom. The predicted molar refractivity (Wildman–Crippen MR) is 62.0 cm³/mol. The summed E-state index contributed by atoms with van der Waals surface area (Å²) in [6.07, 6.45) is 0.859. The molecule has 0 heterocycles. The van der Waals surface area contributed by atoms with Gasteiger partial charge in [0.25, 0.3) is 0 Å². The predicted octanol–water partition coefficient (Wildman–Crippen LogP) is 2.83. The highest BCUT2D eigenvalue weighted by Gasteiger charge is 2.14. The third-order valence-corrected chi connectivity index (χ3v) is 4.39. The fraction of sp³-hybridized carbons (Fsp3) is 0.400. The van der Waals surface area contributed by atoms with Crippen molar-refractivity contribution >= 4 is 28.1 Å². The molecule has 0 aliphatic heterocycles. The van der Waals surface area contributed by atoms with E-state index >= 15 is 0 Å². The number of hydrogen-bond acceptors (Lipinski definition) is 2. The Kier molecular flexibility index (Phi) is 3.96. The second-order valence-electron chi connectivity index (χ2n) is 3.21. The molecule has 0 saturated heterocycles. The molecule has 2 N–H and O–H groups in total. The molecule has 0 bridgehead atoms. The minimum Gasteiger partial charge on any atom is -0.399 e. The second-order valence-corrected chi connectivity index (χ2v) is 5.45. The Hall–Kier alpha value is -0.540. The molecule has 0 amide bonds. The Bertz CT molecular complexity index is 354. The van der Waals surface area contributed by atoms with E-state index in [0.717, 1.165) is 6.42 Å². The van der Waals surface area contributed by atoms with Crippen LogP contribution in [0.15, 0.2) is 23.1 Å². The van der Waals surface area contributed by atoms with Gasteiger partial charge in [0.1, 0.15) is 0 Å². The first kappa shape index (κ1) is 11.5. The third kappa shape index (κ3) is 2.49. The van der Waals surface area contributed by atoms with Gasteiger partial charge in [0, 0.05) is 10.9 Å². The molecule has 0 aliphatic carbocycles. The summed E-state index contributed by atoms with van der Waals surface area (Å²) in [7, 11) is -1.06. The quantitative estimate of drug-likeness (QED) is 0.813. The topological polar surface area (TPSA) is 43.1 Å². The lowest BCUT2D eigenvalue weighted by molar-refractivity contribution is 0.670. The number of nitrogens with two attached hydrogens (primary N) is 1. The van der Waals surface area contributed by atoms with Crippen LogP contribution in [0.2, 0.25) is 5.02 Å². The summed E-state index contributed by atoms with van der Waals surface area (Å²) in [5.74, 6) is 0. The van der Waals surface area contributed by atoms with Crippen molar-refractivity contribution in [3.63, 3.8) is 0 Å². The molecule has 78 valence electrons. The van der Waals surface area contributed by atoms with Gasteiger partial charge in [-0.2, -0.15) is 0 Å². The molecule has 1 aromatic rings. The molecule has 2 nitrogen and oxygen atoms in total. The molecule has 2 unspecified atom stereocenters. The number of nitrogen functional groups attached to an aromatic ring is 1. The zero-order chi connectivity index (χ0) is 10.7.